The average molecular weight is 232 g/mol. The maximum absolute atomic E-state index is 5.89. The van der Waals surface area contributed by atoms with Crippen LogP contribution < -0.4 is 0 Å². The molecule has 3 saturated heterocycles. The third kappa shape index (κ3) is 1.20. The predicted molar refractivity (Wildman–Crippen MR) is 60.7 cm³/mol. The topological polar surface area (TPSA) is 18.5 Å². The van der Waals surface area contributed by atoms with E-state index >= 15 is 0 Å². The van der Waals surface area contributed by atoms with E-state index in [2.05, 4.69) is 25.6 Å². The number of hydrogen-bond acceptors (Lipinski definition) is 4. The minimum Gasteiger partial charge on any atom is -0.376 e. The second kappa shape index (κ2) is 3.06. The number of hydrogen-bond donors (Lipinski definition) is 0. The summed E-state index contributed by atoms with van der Waals surface area (Å²) in [5.74, 6) is 0. The lowest BCUT2D eigenvalue weighted by Crippen LogP contribution is -2.29. The van der Waals surface area contributed by atoms with Crippen LogP contribution in [0.3, 0.4) is 0 Å². The van der Waals surface area contributed by atoms with E-state index in [0.717, 1.165) is 13.2 Å². The minimum atomic E-state index is 0.0621. The Morgan fingerprint density at radius 3 is 2.86 bits per heavy atom. The van der Waals surface area contributed by atoms with Gasteiger partial charge in [-0.05, 0) is 26.7 Å². The summed E-state index contributed by atoms with van der Waals surface area (Å²) in [6.45, 7) is 6.32. The predicted octanol–water partition coefficient (Wildman–Crippen LogP) is 2.48. The second-order valence-corrected chi connectivity index (χ2v) is 7.97. The van der Waals surface area contributed by atoms with Crippen molar-refractivity contribution in [1.82, 2.24) is 0 Å². The Morgan fingerprint density at radius 2 is 2.21 bits per heavy atom. The van der Waals surface area contributed by atoms with E-state index in [1.165, 1.54) is 12.8 Å². The van der Waals surface area contributed by atoms with Gasteiger partial charge in [0.05, 0.1) is 10.2 Å². The molecule has 0 aromatic carbocycles. The summed E-state index contributed by atoms with van der Waals surface area (Å²) in [6.07, 6.45) is 2.77. The number of fused-ring (bicyclic) bond motifs is 1. The first-order valence-electron chi connectivity index (χ1n) is 5.28. The Bertz CT molecular complexity index is 261. The molecule has 14 heavy (non-hydrogen) atoms. The quantitative estimate of drug-likeness (QED) is 0.638. The first-order valence-corrected chi connectivity index (χ1v) is 6.98. The molecule has 0 radical (unpaired) electrons. The van der Waals surface area contributed by atoms with Crippen molar-refractivity contribution in [3.8, 4) is 0 Å². The SMILES string of the molecule is C[C@@H]1OCC[C@]12S[C@@H]1CCO[C@]1(C)S2. The molecule has 4 atom stereocenters. The molecule has 80 valence electrons. The third-order valence-electron chi connectivity index (χ3n) is 3.51. The highest BCUT2D eigenvalue weighted by molar-refractivity contribution is 8.22. The maximum Gasteiger partial charge on any atom is 0.124 e. The summed E-state index contributed by atoms with van der Waals surface area (Å²) >= 11 is 4.13. The van der Waals surface area contributed by atoms with Crippen LogP contribution in [0.25, 0.3) is 0 Å². The molecule has 3 aliphatic heterocycles. The lowest BCUT2D eigenvalue weighted by Gasteiger charge is -2.28. The normalized spacial score (nSPS) is 57.0. The van der Waals surface area contributed by atoms with Crippen LogP contribution in [0.2, 0.25) is 0 Å². The van der Waals surface area contributed by atoms with Crippen molar-refractivity contribution in [2.24, 2.45) is 0 Å². The fraction of sp³-hybridized carbons (Fsp3) is 1.00. The largest absolute Gasteiger partial charge is 0.376 e. The standard InChI is InChI=1S/C10H16O2S2/c1-7-10(4-6-11-7)13-8-3-5-12-9(8,2)14-10/h7-8H,3-6H2,1-2H3/t7-,8+,9+,10+/m0/s1. The van der Waals surface area contributed by atoms with Crippen molar-refractivity contribution in [3.05, 3.63) is 0 Å². The monoisotopic (exact) mass is 232 g/mol. The van der Waals surface area contributed by atoms with E-state index in [1.54, 1.807) is 0 Å². The molecule has 2 nitrogen and oxygen atoms in total. The van der Waals surface area contributed by atoms with Gasteiger partial charge in [-0.25, -0.2) is 0 Å². The van der Waals surface area contributed by atoms with Crippen LogP contribution in [0.15, 0.2) is 0 Å². The average Bonchev–Trinajstić information content (AvgIpc) is 2.67. The molecule has 3 aliphatic rings. The zero-order chi connectivity index (χ0) is 9.81. The Kier molecular flexibility index (Phi) is 2.15. The molecule has 0 N–H and O–H groups in total. The van der Waals surface area contributed by atoms with Crippen molar-refractivity contribution in [3.63, 3.8) is 0 Å². The van der Waals surface area contributed by atoms with Gasteiger partial charge in [0.2, 0.25) is 0 Å². The Morgan fingerprint density at radius 1 is 1.36 bits per heavy atom. The lowest BCUT2D eigenvalue weighted by molar-refractivity contribution is 0.0986. The maximum atomic E-state index is 5.89. The van der Waals surface area contributed by atoms with Gasteiger partial charge < -0.3 is 9.47 Å². The summed E-state index contributed by atoms with van der Waals surface area (Å²) in [5.41, 5.74) is 0. The van der Waals surface area contributed by atoms with E-state index in [-0.39, 0.29) is 4.93 Å². The summed E-state index contributed by atoms with van der Waals surface area (Å²) in [5, 5.41) is 0.677. The van der Waals surface area contributed by atoms with Crippen LogP contribution in [0.5, 0.6) is 0 Å². The summed E-state index contributed by atoms with van der Waals surface area (Å²) in [7, 11) is 0. The summed E-state index contributed by atoms with van der Waals surface area (Å²) in [4.78, 5) is 0.0621. The van der Waals surface area contributed by atoms with Crippen molar-refractivity contribution in [2.75, 3.05) is 13.2 Å². The van der Waals surface area contributed by atoms with Gasteiger partial charge in [0.1, 0.15) is 4.93 Å². The Labute approximate surface area is 93.5 Å². The Hall–Kier alpha value is 0.620. The number of rotatable bonds is 0. The van der Waals surface area contributed by atoms with Gasteiger partial charge in [-0.2, -0.15) is 0 Å². The van der Waals surface area contributed by atoms with Crippen LogP contribution in [-0.4, -0.2) is 33.6 Å². The van der Waals surface area contributed by atoms with E-state index < -0.39 is 0 Å². The highest BCUT2D eigenvalue weighted by atomic mass is 32.2. The van der Waals surface area contributed by atoms with Crippen molar-refractivity contribution >= 4 is 23.5 Å². The van der Waals surface area contributed by atoms with Crippen LogP contribution in [0.1, 0.15) is 26.7 Å². The first-order chi connectivity index (χ1) is 6.65. The van der Waals surface area contributed by atoms with Crippen LogP contribution in [0, 0.1) is 0 Å². The zero-order valence-corrected chi connectivity index (χ0v) is 10.2. The highest BCUT2D eigenvalue weighted by Gasteiger charge is 2.60. The number of ether oxygens (including phenoxy) is 2. The molecule has 0 aromatic rings. The molecular weight excluding hydrogens is 216 g/mol. The van der Waals surface area contributed by atoms with E-state index in [0.29, 0.717) is 15.4 Å². The molecule has 0 amide bonds. The van der Waals surface area contributed by atoms with Gasteiger partial charge in [0.15, 0.2) is 0 Å². The zero-order valence-electron chi connectivity index (χ0n) is 8.62. The fourth-order valence-corrected chi connectivity index (χ4v) is 6.85. The van der Waals surface area contributed by atoms with Crippen molar-refractivity contribution < 1.29 is 9.47 Å². The van der Waals surface area contributed by atoms with Crippen LogP contribution >= 0.6 is 23.5 Å². The van der Waals surface area contributed by atoms with Gasteiger partial charge >= 0.3 is 0 Å². The molecule has 3 fully saturated rings. The second-order valence-electron chi connectivity index (χ2n) is 4.44. The van der Waals surface area contributed by atoms with Gasteiger partial charge in [-0.1, -0.05) is 0 Å². The van der Waals surface area contributed by atoms with Gasteiger partial charge in [0, 0.05) is 18.5 Å². The number of thioether (sulfide) groups is 2. The molecule has 3 rings (SSSR count). The molecule has 1 spiro atoms. The van der Waals surface area contributed by atoms with Gasteiger partial charge in [-0.3, -0.25) is 0 Å². The summed E-state index contributed by atoms with van der Waals surface area (Å²) in [6, 6.07) is 0. The van der Waals surface area contributed by atoms with Crippen LogP contribution in [0.4, 0.5) is 0 Å². The molecule has 4 heteroatoms. The molecule has 0 bridgehead atoms. The molecule has 3 heterocycles. The molecule has 0 aromatic heterocycles. The summed E-state index contributed by atoms with van der Waals surface area (Å²) < 4.78 is 11.9. The van der Waals surface area contributed by atoms with Crippen molar-refractivity contribution in [2.45, 2.75) is 47.1 Å². The van der Waals surface area contributed by atoms with E-state index in [1.807, 2.05) is 11.8 Å². The minimum absolute atomic E-state index is 0.0621. The van der Waals surface area contributed by atoms with Gasteiger partial charge in [0.25, 0.3) is 0 Å². The lowest BCUT2D eigenvalue weighted by atomic mass is 10.2. The van der Waals surface area contributed by atoms with E-state index in [9.17, 15) is 0 Å². The van der Waals surface area contributed by atoms with Crippen LogP contribution in [-0.2, 0) is 9.47 Å². The fourth-order valence-electron chi connectivity index (χ4n) is 2.59. The molecule has 0 saturated carbocycles. The highest BCUT2D eigenvalue weighted by Crippen LogP contribution is 2.66. The third-order valence-corrected chi connectivity index (χ3v) is 7.79. The first kappa shape index (κ1) is 9.82. The molecular formula is C10H16O2S2. The van der Waals surface area contributed by atoms with E-state index in [4.69, 9.17) is 9.47 Å². The molecule has 0 aliphatic carbocycles. The molecule has 0 unspecified atom stereocenters. The smallest absolute Gasteiger partial charge is 0.124 e. The van der Waals surface area contributed by atoms with Gasteiger partial charge in [-0.15, -0.1) is 23.5 Å². The van der Waals surface area contributed by atoms with Crippen molar-refractivity contribution in [1.29, 1.82) is 0 Å². The Balaban J connectivity index is 1.87.